The van der Waals surface area contributed by atoms with E-state index in [2.05, 4.69) is 26.2 Å². The summed E-state index contributed by atoms with van der Waals surface area (Å²) in [5, 5.41) is 12.9. The molecule has 3 rings (SSSR count). The molecule has 4 nitrogen and oxygen atoms in total. The second-order valence-corrected chi connectivity index (χ2v) is 6.44. The van der Waals surface area contributed by atoms with Crippen molar-refractivity contribution < 1.29 is 14.3 Å². The number of aliphatic carboxylic acids is 1. The van der Waals surface area contributed by atoms with E-state index in [1.54, 1.807) is 6.07 Å². The smallest absolute Gasteiger partial charge is 0.312 e. The van der Waals surface area contributed by atoms with E-state index in [4.69, 9.17) is 5.11 Å². The molecule has 2 N–H and O–H groups in total. The third kappa shape index (κ3) is 2.43. The molecular weight excluding hydrogens is 347 g/mol. The third-order valence-electron chi connectivity index (χ3n) is 3.19. The Hall–Kier alpha value is -1.47. The molecule has 0 amide bonds. The number of benzene rings is 1. The molecule has 0 fully saturated rings. The van der Waals surface area contributed by atoms with Crippen molar-refractivity contribution in [3.05, 3.63) is 39.1 Å². The molecule has 0 aliphatic heterocycles. The van der Waals surface area contributed by atoms with E-state index < -0.39 is 11.9 Å². The maximum atomic E-state index is 13.0. The van der Waals surface area contributed by atoms with Gasteiger partial charge in [-0.25, -0.2) is 9.37 Å². The van der Waals surface area contributed by atoms with Crippen molar-refractivity contribution in [1.29, 1.82) is 0 Å². The summed E-state index contributed by atoms with van der Waals surface area (Å²) in [7, 11) is 0. The maximum absolute atomic E-state index is 13.0. The number of aromatic nitrogens is 1. The Bertz CT molecular complexity index is 689. The van der Waals surface area contributed by atoms with Gasteiger partial charge in [0.1, 0.15) is 11.7 Å². The topological polar surface area (TPSA) is 62.2 Å². The number of fused-ring (bicyclic) bond motifs is 1. The summed E-state index contributed by atoms with van der Waals surface area (Å²) in [6, 6.07) is 4.33. The van der Waals surface area contributed by atoms with Crippen LogP contribution < -0.4 is 5.32 Å². The fraction of sp³-hybridized carbons (Fsp3) is 0.231. The van der Waals surface area contributed by atoms with E-state index in [1.165, 1.54) is 23.5 Å². The van der Waals surface area contributed by atoms with Crippen molar-refractivity contribution in [2.45, 2.75) is 18.8 Å². The van der Waals surface area contributed by atoms with Gasteiger partial charge < -0.3 is 10.4 Å². The molecule has 0 spiro atoms. The van der Waals surface area contributed by atoms with Gasteiger partial charge in [0, 0.05) is 9.35 Å². The second kappa shape index (κ2) is 5.14. The zero-order chi connectivity index (χ0) is 14.3. The highest BCUT2D eigenvalue weighted by Crippen LogP contribution is 2.39. The first-order chi connectivity index (χ1) is 9.54. The lowest BCUT2D eigenvalue weighted by Crippen LogP contribution is -2.08. The molecule has 1 aliphatic carbocycles. The Morgan fingerprint density at radius 3 is 3.05 bits per heavy atom. The number of thiazole rings is 1. The SMILES string of the molecule is O=C(O)C1CCc2sc(Nc3ccc(F)cc3Br)nc21. The van der Waals surface area contributed by atoms with Gasteiger partial charge in [0.2, 0.25) is 0 Å². The van der Waals surface area contributed by atoms with Gasteiger partial charge in [-0.2, -0.15) is 0 Å². The first-order valence-corrected chi connectivity index (χ1v) is 7.60. The van der Waals surface area contributed by atoms with Crippen molar-refractivity contribution >= 4 is 44.1 Å². The van der Waals surface area contributed by atoms with Crippen LogP contribution in [0.4, 0.5) is 15.2 Å². The molecule has 1 aliphatic rings. The number of carboxylic acid groups (broad SMARTS) is 1. The fourth-order valence-electron chi connectivity index (χ4n) is 2.23. The Balaban J connectivity index is 1.86. The highest BCUT2D eigenvalue weighted by atomic mass is 79.9. The quantitative estimate of drug-likeness (QED) is 0.875. The minimum Gasteiger partial charge on any atom is -0.481 e. The summed E-state index contributed by atoms with van der Waals surface area (Å²) in [6.07, 6.45) is 1.36. The van der Waals surface area contributed by atoms with Crippen molar-refractivity contribution in [2.24, 2.45) is 0 Å². The van der Waals surface area contributed by atoms with E-state index in [9.17, 15) is 9.18 Å². The average molecular weight is 357 g/mol. The van der Waals surface area contributed by atoms with Gasteiger partial charge in [0.25, 0.3) is 0 Å². The Morgan fingerprint density at radius 1 is 1.55 bits per heavy atom. The van der Waals surface area contributed by atoms with E-state index in [-0.39, 0.29) is 5.82 Å². The summed E-state index contributed by atoms with van der Waals surface area (Å²) in [6.45, 7) is 0. The summed E-state index contributed by atoms with van der Waals surface area (Å²) in [5.74, 6) is -1.66. The molecule has 1 heterocycles. The molecule has 1 aromatic heterocycles. The van der Waals surface area contributed by atoms with Gasteiger partial charge >= 0.3 is 5.97 Å². The van der Waals surface area contributed by atoms with Crippen LogP contribution in [-0.2, 0) is 11.2 Å². The Morgan fingerprint density at radius 2 is 2.35 bits per heavy atom. The second-order valence-electron chi connectivity index (χ2n) is 4.51. The fourth-order valence-corrected chi connectivity index (χ4v) is 3.73. The zero-order valence-electron chi connectivity index (χ0n) is 10.2. The first kappa shape index (κ1) is 13.5. The highest BCUT2D eigenvalue weighted by Gasteiger charge is 2.32. The van der Waals surface area contributed by atoms with Gasteiger partial charge in [0.15, 0.2) is 5.13 Å². The summed E-state index contributed by atoms with van der Waals surface area (Å²) < 4.78 is 13.6. The lowest BCUT2D eigenvalue weighted by Gasteiger charge is -2.06. The molecule has 0 radical (unpaired) electrons. The molecular formula is C13H10BrFN2O2S. The number of nitrogens with one attached hydrogen (secondary N) is 1. The summed E-state index contributed by atoms with van der Waals surface area (Å²) >= 11 is 4.73. The zero-order valence-corrected chi connectivity index (χ0v) is 12.6. The van der Waals surface area contributed by atoms with Crippen LogP contribution in [0.2, 0.25) is 0 Å². The standard InChI is InChI=1S/C13H10BrFN2O2S/c14-8-5-6(15)1-3-9(8)16-13-17-11-7(12(18)19)2-4-10(11)20-13/h1,3,5,7H,2,4H2,(H,16,17)(H,18,19). The first-order valence-electron chi connectivity index (χ1n) is 5.99. The minimum atomic E-state index is -0.830. The molecule has 0 bridgehead atoms. The van der Waals surface area contributed by atoms with Crippen LogP contribution in [0.5, 0.6) is 0 Å². The number of nitrogens with zero attached hydrogens (tertiary/aromatic N) is 1. The number of carboxylic acids is 1. The van der Waals surface area contributed by atoms with Gasteiger partial charge in [0.05, 0.1) is 11.4 Å². The van der Waals surface area contributed by atoms with Gasteiger partial charge in [-0.15, -0.1) is 11.3 Å². The van der Waals surface area contributed by atoms with Crippen LogP contribution in [0.15, 0.2) is 22.7 Å². The lowest BCUT2D eigenvalue weighted by atomic mass is 10.1. The number of rotatable bonds is 3. The van der Waals surface area contributed by atoms with E-state index in [0.717, 1.165) is 11.3 Å². The Kier molecular flexibility index (Phi) is 3.47. The summed E-state index contributed by atoms with van der Waals surface area (Å²) in [5.41, 5.74) is 1.36. The van der Waals surface area contributed by atoms with Crippen LogP contribution in [0, 0.1) is 5.82 Å². The minimum absolute atomic E-state index is 0.324. The van der Waals surface area contributed by atoms with Crippen molar-refractivity contribution in [3.8, 4) is 0 Å². The van der Waals surface area contributed by atoms with E-state index in [1.807, 2.05) is 0 Å². The van der Waals surface area contributed by atoms with Crippen LogP contribution in [-0.4, -0.2) is 16.1 Å². The Labute approximate surface area is 126 Å². The van der Waals surface area contributed by atoms with Crippen molar-refractivity contribution in [3.63, 3.8) is 0 Å². The van der Waals surface area contributed by atoms with Gasteiger partial charge in [-0.05, 0) is 47.0 Å². The molecule has 1 unspecified atom stereocenters. The molecule has 1 atom stereocenters. The van der Waals surface area contributed by atoms with E-state index >= 15 is 0 Å². The monoisotopic (exact) mass is 356 g/mol. The lowest BCUT2D eigenvalue weighted by molar-refractivity contribution is -0.138. The van der Waals surface area contributed by atoms with Crippen LogP contribution in [0.25, 0.3) is 0 Å². The van der Waals surface area contributed by atoms with Crippen LogP contribution in [0.3, 0.4) is 0 Å². The van der Waals surface area contributed by atoms with Crippen molar-refractivity contribution in [1.82, 2.24) is 4.98 Å². The summed E-state index contributed by atoms with van der Waals surface area (Å²) in [4.78, 5) is 16.5. The number of anilines is 2. The molecule has 20 heavy (non-hydrogen) atoms. The highest BCUT2D eigenvalue weighted by molar-refractivity contribution is 9.10. The van der Waals surface area contributed by atoms with Gasteiger partial charge in [-0.3, -0.25) is 4.79 Å². The molecule has 7 heteroatoms. The number of aryl methyl sites for hydroxylation is 1. The molecule has 1 aromatic carbocycles. The van der Waals surface area contributed by atoms with Crippen LogP contribution >= 0.6 is 27.3 Å². The molecule has 104 valence electrons. The number of halogens is 2. The van der Waals surface area contributed by atoms with Gasteiger partial charge in [-0.1, -0.05) is 0 Å². The van der Waals surface area contributed by atoms with Crippen LogP contribution in [0.1, 0.15) is 22.9 Å². The number of hydrogen-bond acceptors (Lipinski definition) is 4. The molecule has 2 aromatic rings. The van der Waals surface area contributed by atoms with Crippen molar-refractivity contribution in [2.75, 3.05) is 5.32 Å². The van der Waals surface area contributed by atoms with E-state index in [0.29, 0.717) is 27.4 Å². The normalized spacial score (nSPS) is 17.0. The molecule has 0 saturated heterocycles. The molecule has 0 saturated carbocycles. The number of hydrogen-bond donors (Lipinski definition) is 2. The average Bonchev–Trinajstić information content (AvgIpc) is 2.91. The predicted octanol–water partition coefficient (Wildman–Crippen LogP) is 3.90. The maximum Gasteiger partial charge on any atom is 0.312 e. The predicted molar refractivity (Wildman–Crippen MR) is 78.2 cm³/mol. The third-order valence-corrected chi connectivity index (χ3v) is 4.89. The largest absolute Gasteiger partial charge is 0.481 e. The number of carbonyl (C=O) groups is 1.